The van der Waals surface area contributed by atoms with E-state index in [-0.39, 0.29) is 11.1 Å². The van der Waals surface area contributed by atoms with Gasteiger partial charge in [0.2, 0.25) is 5.66 Å². The van der Waals surface area contributed by atoms with E-state index in [4.69, 9.17) is 9.47 Å². The van der Waals surface area contributed by atoms with Crippen LogP contribution in [0.15, 0.2) is 58.8 Å². The highest BCUT2D eigenvalue weighted by Crippen LogP contribution is 2.52. The average Bonchev–Trinajstić information content (AvgIpc) is 3.71. The maximum Gasteiger partial charge on any atom is 0.442 e. The van der Waals surface area contributed by atoms with Gasteiger partial charge < -0.3 is 9.47 Å². The number of rotatable bonds is 12. The highest BCUT2D eigenvalue weighted by atomic mass is 19.4. The molecule has 0 unspecified atom stereocenters. The molecule has 0 aromatic heterocycles. The topological polar surface area (TPSA) is 87.1 Å². The third-order valence-electron chi connectivity index (χ3n) is 5.85. The van der Waals surface area contributed by atoms with E-state index in [0.717, 1.165) is 30.4 Å². The first kappa shape index (κ1) is 25.5. The smallest absolute Gasteiger partial charge is 0.377 e. The molecule has 0 aliphatic carbocycles. The fraction of sp³-hybridized carbons (Fsp3) is 0.478. The minimum Gasteiger partial charge on any atom is -0.377 e. The fourth-order valence-electron chi connectivity index (χ4n) is 3.60. The molecule has 2 aromatic carbocycles. The summed E-state index contributed by atoms with van der Waals surface area (Å²) in [6.45, 7) is 1.61. The molecule has 0 bridgehead atoms. The third kappa shape index (κ3) is 5.66. The first-order chi connectivity index (χ1) is 16.6. The second-order valence-corrected chi connectivity index (χ2v) is 8.43. The van der Waals surface area contributed by atoms with Gasteiger partial charge in [0.25, 0.3) is 0 Å². The van der Waals surface area contributed by atoms with E-state index in [0.29, 0.717) is 26.4 Å². The van der Waals surface area contributed by atoms with Gasteiger partial charge in [-0.25, -0.2) is 10.9 Å². The molecule has 190 valence electrons. The van der Waals surface area contributed by atoms with Gasteiger partial charge in [-0.2, -0.15) is 26.3 Å². The number of unbranched alkanes of at least 4 members (excludes halogenated alkanes) is 2. The lowest BCUT2D eigenvalue weighted by Gasteiger charge is -2.16. The predicted octanol–water partition coefficient (Wildman–Crippen LogP) is 5.59. The Morgan fingerprint density at radius 3 is 1.46 bits per heavy atom. The molecule has 0 atom stereocenters. The van der Waals surface area contributed by atoms with Crippen molar-refractivity contribution in [3.8, 4) is 0 Å². The zero-order valence-electron chi connectivity index (χ0n) is 18.5. The van der Waals surface area contributed by atoms with Crippen molar-refractivity contribution < 1.29 is 35.8 Å². The van der Waals surface area contributed by atoms with E-state index in [1.807, 2.05) is 0 Å². The van der Waals surface area contributed by atoms with Crippen molar-refractivity contribution in [1.82, 2.24) is 10.9 Å². The van der Waals surface area contributed by atoms with Gasteiger partial charge in [-0.3, -0.25) is 0 Å². The van der Waals surface area contributed by atoms with Crippen molar-refractivity contribution >= 4 is 0 Å². The minimum atomic E-state index is -4.54. The molecular weight excluding hydrogens is 478 g/mol. The Morgan fingerprint density at radius 1 is 0.629 bits per heavy atom. The third-order valence-corrected chi connectivity index (χ3v) is 5.85. The zero-order valence-corrected chi connectivity index (χ0v) is 18.5. The van der Waals surface area contributed by atoms with Gasteiger partial charge in [0.05, 0.1) is 13.2 Å². The molecule has 6 nitrogen and oxygen atoms in total. The Morgan fingerprint density at radius 2 is 1.09 bits per heavy atom. The molecule has 0 saturated carbocycles. The number of nitrogens with zero attached hydrogens (tertiary/aromatic N) is 2. The Balaban J connectivity index is 1.06. The van der Waals surface area contributed by atoms with Gasteiger partial charge in [-0.15, -0.1) is 10.2 Å². The van der Waals surface area contributed by atoms with E-state index in [1.165, 1.54) is 24.3 Å². The van der Waals surface area contributed by atoms with Gasteiger partial charge in [0, 0.05) is 18.8 Å². The maximum absolute atomic E-state index is 13.1. The predicted molar refractivity (Wildman–Crippen MR) is 113 cm³/mol. The number of alkyl halides is 6. The van der Waals surface area contributed by atoms with E-state index < -0.39 is 23.7 Å². The fourth-order valence-corrected chi connectivity index (χ4v) is 3.60. The van der Waals surface area contributed by atoms with Crippen molar-refractivity contribution in [3.05, 3.63) is 70.8 Å². The monoisotopic (exact) mass is 502 g/mol. The molecule has 35 heavy (non-hydrogen) atoms. The molecular formula is C23H24F6N4O2. The van der Waals surface area contributed by atoms with Gasteiger partial charge in [0.1, 0.15) is 0 Å². The number of halogens is 6. The van der Waals surface area contributed by atoms with Crippen LogP contribution in [0.4, 0.5) is 26.3 Å². The molecule has 2 N–H and O–H groups in total. The Hall–Kier alpha value is -2.54. The summed E-state index contributed by atoms with van der Waals surface area (Å²) in [4.78, 5) is 0. The summed E-state index contributed by atoms with van der Waals surface area (Å²) in [6.07, 6.45) is -6.51. The van der Waals surface area contributed by atoms with Crippen LogP contribution in [0.1, 0.15) is 41.5 Å². The molecule has 12 heteroatoms. The number of hydrogen-bond donors (Lipinski definition) is 2. The molecule has 2 heterocycles. The van der Waals surface area contributed by atoms with Crippen LogP contribution in [0.5, 0.6) is 0 Å². The standard InChI is InChI=1S/C23H24F6N4O2/c24-22(25,26)20(30-31-20)18-8-4-16(5-9-18)14-34-12-2-1-3-13-35-15-17-6-10-19(11-7-17)21(32-33-21)23(27,28)29/h4-11,30-31H,1-3,12-15H2. The molecule has 1 fully saturated rings. The van der Waals surface area contributed by atoms with Crippen LogP contribution in [-0.2, 0) is 34.0 Å². The molecule has 2 aliphatic rings. The summed E-state index contributed by atoms with van der Waals surface area (Å²) in [6, 6.07) is 12.0. The average molecular weight is 502 g/mol. The molecule has 0 amide bonds. The largest absolute Gasteiger partial charge is 0.442 e. The summed E-state index contributed by atoms with van der Waals surface area (Å²) in [5, 5.41) is 6.36. The van der Waals surface area contributed by atoms with Crippen LogP contribution in [0.25, 0.3) is 0 Å². The van der Waals surface area contributed by atoms with Crippen molar-refractivity contribution in [3.63, 3.8) is 0 Å². The van der Waals surface area contributed by atoms with Crippen molar-refractivity contribution in [2.24, 2.45) is 10.2 Å². The first-order valence-corrected chi connectivity index (χ1v) is 11.0. The van der Waals surface area contributed by atoms with E-state index in [1.54, 1.807) is 24.3 Å². The van der Waals surface area contributed by atoms with Crippen LogP contribution in [0, 0.1) is 0 Å². The molecule has 1 saturated heterocycles. The van der Waals surface area contributed by atoms with Gasteiger partial charge in [-0.05, 0) is 36.0 Å². The Labute approximate surface area is 197 Å². The normalized spacial score (nSPS) is 18.0. The number of hydrazine groups is 1. The lowest BCUT2D eigenvalue weighted by Crippen LogP contribution is -2.34. The Bertz CT molecular complexity index is 947. The second-order valence-electron chi connectivity index (χ2n) is 8.43. The van der Waals surface area contributed by atoms with E-state index in [2.05, 4.69) is 21.1 Å². The van der Waals surface area contributed by atoms with Crippen molar-refractivity contribution in [1.29, 1.82) is 0 Å². The molecule has 2 aliphatic heterocycles. The van der Waals surface area contributed by atoms with Gasteiger partial charge >= 0.3 is 18.0 Å². The highest BCUT2D eigenvalue weighted by molar-refractivity contribution is 5.33. The first-order valence-electron chi connectivity index (χ1n) is 11.0. The summed E-state index contributed by atoms with van der Waals surface area (Å²) in [5.41, 5.74) is 1.41. The lowest BCUT2D eigenvalue weighted by molar-refractivity contribution is -0.166. The summed E-state index contributed by atoms with van der Waals surface area (Å²) >= 11 is 0. The summed E-state index contributed by atoms with van der Waals surface area (Å²) in [5.74, 6) is 0. The van der Waals surface area contributed by atoms with Crippen LogP contribution in [0.3, 0.4) is 0 Å². The minimum absolute atomic E-state index is 0.00755. The lowest BCUT2D eigenvalue weighted by atomic mass is 10.0. The quantitative estimate of drug-likeness (QED) is 0.225. The van der Waals surface area contributed by atoms with E-state index in [9.17, 15) is 26.3 Å². The molecule has 0 radical (unpaired) electrons. The van der Waals surface area contributed by atoms with Gasteiger partial charge in [0.15, 0.2) is 0 Å². The van der Waals surface area contributed by atoms with Gasteiger partial charge in [-0.1, -0.05) is 48.5 Å². The summed E-state index contributed by atoms with van der Waals surface area (Å²) < 4.78 is 89.3. The summed E-state index contributed by atoms with van der Waals surface area (Å²) in [7, 11) is 0. The second kappa shape index (κ2) is 9.84. The molecule has 2 aromatic rings. The number of ether oxygens (including phenoxy) is 2. The van der Waals surface area contributed by atoms with Crippen LogP contribution < -0.4 is 10.9 Å². The number of nitrogens with one attached hydrogen (secondary N) is 2. The van der Waals surface area contributed by atoms with Crippen LogP contribution >= 0.6 is 0 Å². The SMILES string of the molecule is FC(F)(F)C1(c2ccc(COCCCCCOCc3ccc(C4(C(F)(F)F)NN4)cc3)cc2)N=N1. The zero-order chi connectivity index (χ0) is 25.2. The number of benzene rings is 2. The highest BCUT2D eigenvalue weighted by Gasteiger charge is 2.65. The molecule has 4 rings (SSSR count). The van der Waals surface area contributed by atoms with Crippen molar-refractivity contribution in [2.75, 3.05) is 13.2 Å². The molecule has 0 spiro atoms. The van der Waals surface area contributed by atoms with Crippen LogP contribution in [-0.4, -0.2) is 25.6 Å². The maximum atomic E-state index is 13.1. The van der Waals surface area contributed by atoms with Crippen molar-refractivity contribution in [2.45, 2.75) is 56.2 Å². The van der Waals surface area contributed by atoms with E-state index >= 15 is 0 Å². The number of hydrogen-bond acceptors (Lipinski definition) is 6. The van der Waals surface area contributed by atoms with Crippen LogP contribution in [0.2, 0.25) is 0 Å². The Kier molecular flexibility index (Phi) is 7.18.